The molecule has 1 fully saturated rings. The Morgan fingerprint density at radius 3 is 2.53 bits per heavy atom. The van der Waals surface area contributed by atoms with Crippen LogP contribution < -0.4 is 16.4 Å². The van der Waals surface area contributed by atoms with Gasteiger partial charge in [-0.25, -0.2) is 19.7 Å². The lowest BCUT2D eigenvalue weighted by Gasteiger charge is -2.23. The first kappa shape index (κ1) is 27.2. The van der Waals surface area contributed by atoms with E-state index in [0.29, 0.717) is 16.9 Å². The van der Waals surface area contributed by atoms with Crippen molar-refractivity contribution in [3.8, 4) is 0 Å². The van der Waals surface area contributed by atoms with Gasteiger partial charge in [-0.05, 0) is 23.1 Å². The van der Waals surface area contributed by atoms with Crippen LogP contribution in [0.1, 0.15) is 39.0 Å². The van der Waals surface area contributed by atoms with Gasteiger partial charge >= 0.3 is 6.03 Å². The molecule has 13 nitrogen and oxygen atoms in total. The number of aliphatic hydroxyl groups is 2. The Morgan fingerprint density at radius 2 is 1.84 bits per heavy atom. The summed E-state index contributed by atoms with van der Waals surface area (Å²) < 4.78 is 7.36. The van der Waals surface area contributed by atoms with Crippen molar-refractivity contribution >= 4 is 34.6 Å². The summed E-state index contributed by atoms with van der Waals surface area (Å²) >= 11 is 0. The highest BCUT2D eigenvalue weighted by Gasteiger charge is 2.45. The van der Waals surface area contributed by atoms with Crippen molar-refractivity contribution in [2.45, 2.75) is 57.1 Å². The van der Waals surface area contributed by atoms with Gasteiger partial charge in [0.25, 0.3) is 0 Å². The Bertz CT molecular complexity index is 1290. The van der Waals surface area contributed by atoms with Crippen molar-refractivity contribution < 1.29 is 24.5 Å². The number of anilines is 2. The zero-order valence-corrected chi connectivity index (χ0v) is 21.8. The highest BCUT2D eigenvalue weighted by Crippen LogP contribution is 2.32. The van der Waals surface area contributed by atoms with Gasteiger partial charge < -0.3 is 36.2 Å². The molecule has 3 aromatic rings. The molecule has 0 radical (unpaired) electrons. The van der Waals surface area contributed by atoms with Crippen LogP contribution in [-0.4, -0.2) is 85.0 Å². The van der Waals surface area contributed by atoms with E-state index < -0.39 is 30.6 Å². The molecule has 0 bridgehead atoms. The van der Waals surface area contributed by atoms with Crippen LogP contribution in [0.2, 0.25) is 0 Å². The summed E-state index contributed by atoms with van der Waals surface area (Å²) in [4.78, 5) is 38.4. The average Bonchev–Trinajstić information content (AvgIpc) is 3.41. The average molecular weight is 527 g/mol. The quantitative estimate of drug-likeness (QED) is 0.300. The van der Waals surface area contributed by atoms with Crippen molar-refractivity contribution in [2.75, 3.05) is 31.2 Å². The number of fused-ring (bicyclic) bond motifs is 1. The van der Waals surface area contributed by atoms with Gasteiger partial charge in [0.05, 0.1) is 6.33 Å². The van der Waals surface area contributed by atoms with Crippen LogP contribution in [0.4, 0.5) is 16.3 Å². The monoisotopic (exact) mass is 526 g/mol. The third-order valence-corrected chi connectivity index (χ3v) is 6.51. The van der Waals surface area contributed by atoms with E-state index in [0.717, 1.165) is 5.56 Å². The van der Waals surface area contributed by atoms with Crippen molar-refractivity contribution in [2.24, 2.45) is 0 Å². The lowest BCUT2D eigenvalue weighted by atomic mass is 9.87. The summed E-state index contributed by atoms with van der Waals surface area (Å²) in [6.07, 6.45) is -1.63. The first-order valence-corrected chi connectivity index (χ1v) is 12.3. The van der Waals surface area contributed by atoms with Gasteiger partial charge in [0.15, 0.2) is 17.7 Å². The number of urea groups is 1. The molecule has 1 saturated heterocycles. The highest BCUT2D eigenvalue weighted by molar-refractivity contribution is 5.89. The normalized spacial score (nSPS) is 21.4. The standard InChI is InChI=1S/C25H34N8O5/c1-25(2,3)14-5-7-15(8-6-14)31-24(37)27-10-9-17(34)32(4)11-16-19(35)20(36)23(38-16)33-13-30-18-21(26)28-12-29-22(18)33/h5-8,12-13,16,19-20,23,35-36H,9-11H2,1-4H3,(H2,26,28,29)(H2,27,31,37)/t16-,19+,20-,23-/m1/s1. The Kier molecular flexibility index (Phi) is 7.81. The number of imidazole rings is 1. The topological polar surface area (TPSA) is 181 Å². The van der Waals surface area contributed by atoms with Crippen LogP contribution in [0.5, 0.6) is 0 Å². The molecule has 6 N–H and O–H groups in total. The number of carbonyl (C=O) groups excluding carboxylic acids is 2. The van der Waals surface area contributed by atoms with E-state index in [1.807, 2.05) is 24.3 Å². The van der Waals surface area contributed by atoms with E-state index in [1.54, 1.807) is 7.05 Å². The largest absolute Gasteiger partial charge is 0.387 e. The molecule has 3 heterocycles. The van der Waals surface area contributed by atoms with Crippen LogP contribution in [0.3, 0.4) is 0 Å². The first-order valence-electron chi connectivity index (χ1n) is 12.3. The van der Waals surface area contributed by atoms with E-state index >= 15 is 0 Å². The smallest absolute Gasteiger partial charge is 0.319 e. The minimum absolute atomic E-state index is 0.0170. The van der Waals surface area contributed by atoms with Crippen molar-refractivity contribution in [1.29, 1.82) is 0 Å². The molecule has 1 aromatic carbocycles. The van der Waals surface area contributed by atoms with Crippen molar-refractivity contribution in [3.05, 3.63) is 42.5 Å². The maximum atomic E-state index is 12.6. The number of hydrogen-bond acceptors (Lipinski definition) is 9. The van der Waals surface area contributed by atoms with Gasteiger partial charge in [0, 0.05) is 32.2 Å². The predicted octanol–water partition coefficient (Wildman–Crippen LogP) is 0.995. The molecule has 0 aliphatic carbocycles. The number of nitrogens with zero attached hydrogens (tertiary/aromatic N) is 5. The number of amides is 3. The first-order chi connectivity index (χ1) is 18.0. The zero-order chi connectivity index (χ0) is 27.6. The Labute approximate surface area is 220 Å². The molecule has 0 spiro atoms. The molecule has 0 saturated carbocycles. The second kappa shape index (κ2) is 10.9. The van der Waals surface area contributed by atoms with Crippen LogP contribution in [0.15, 0.2) is 36.9 Å². The number of rotatable bonds is 7. The third-order valence-electron chi connectivity index (χ3n) is 6.51. The molecule has 4 atom stereocenters. The molecule has 1 aliphatic rings. The minimum Gasteiger partial charge on any atom is -0.387 e. The van der Waals surface area contributed by atoms with Crippen LogP contribution in [0, 0.1) is 0 Å². The van der Waals surface area contributed by atoms with Gasteiger partial charge in [0.1, 0.15) is 30.2 Å². The Hall–Kier alpha value is -3.81. The van der Waals surface area contributed by atoms with E-state index in [2.05, 4.69) is 46.4 Å². The number of aliphatic hydroxyl groups excluding tert-OH is 2. The van der Waals surface area contributed by atoms with E-state index in [9.17, 15) is 19.8 Å². The molecule has 1 aliphatic heterocycles. The van der Waals surface area contributed by atoms with Gasteiger partial charge in [-0.2, -0.15) is 0 Å². The van der Waals surface area contributed by atoms with Crippen LogP contribution >= 0.6 is 0 Å². The minimum atomic E-state index is -1.28. The number of nitrogen functional groups attached to an aromatic ring is 1. The van der Waals surface area contributed by atoms with Crippen molar-refractivity contribution in [1.82, 2.24) is 29.7 Å². The lowest BCUT2D eigenvalue weighted by molar-refractivity contribution is -0.132. The summed E-state index contributed by atoms with van der Waals surface area (Å²) in [6, 6.07) is 7.19. The Morgan fingerprint density at radius 1 is 1.13 bits per heavy atom. The molecular formula is C25H34N8O5. The van der Waals surface area contributed by atoms with Gasteiger partial charge in [-0.1, -0.05) is 32.9 Å². The van der Waals surface area contributed by atoms with Gasteiger partial charge in [-0.3, -0.25) is 9.36 Å². The van der Waals surface area contributed by atoms with Crippen molar-refractivity contribution in [3.63, 3.8) is 0 Å². The summed E-state index contributed by atoms with van der Waals surface area (Å²) in [5.74, 6) is -0.0773. The molecule has 0 unspecified atom stereocenters. The fourth-order valence-electron chi connectivity index (χ4n) is 4.24. The number of hydrogen-bond donors (Lipinski definition) is 5. The molecular weight excluding hydrogens is 492 g/mol. The molecule has 13 heteroatoms. The summed E-state index contributed by atoms with van der Waals surface area (Å²) in [5.41, 5.74) is 8.35. The fourth-order valence-corrected chi connectivity index (χ4v) is 4.24. The summed E-state index contributed by atoms with van der Waals surface area (Å²) in [5, 5.41) is 26.6. The maximum Gasteiger partial charge on any atom is 0.319 e. The number of likely N-dealkylation sites (N-methyl/N-ethyl adjacent to an activating group) is 1. The number of nitrogens with one attached hydrogen (secondary N) is 2. The summed E-state index contributed by atoms with van der Waals surface area (Å²) in [6.45, 7) is 6.50. The number of nitrogens with two attached hydrogens (primary N) is 1. The second-order valence-corrected chi connectivity index (χ2v) is 10.4. The fraction of sp³-hybridized carbons (Fsp3) is 0.480. The third kappa shape index (κ3) is 5.85. The van der Waals surface area contributed by atoms with E-state index in [-0.39, 0.29) is 36.7 Å². The predicted molar refractivity (Wildman–Crippen MR) is 140 cm³/mol. The second-order valence-electron chi connectivity index (χ2n) is 10.4. The highest BCUT2D eigenvalue weighted by atomic mass is 16.6. The maximum absolute atomic E-state index is 12.6. The Balaban J connectivity index is 1.25. The molecule has 2 aromatic heterocycles. The van der Waals surface area contributed by atoms with E-state index in [4.69, 9.17) is 10.5 Å². The van der Waals surface area contributed by atoms with Crippen LogP contribution in [-0.2, 0) is 14.9 Å². The summed E-state index contributed by atoms with van der Waals surface area (Å²) in [7, 11) is 1.56. The number of carbonyl (C=O) groups is 2. The van der Waals surface area contributed by atoms with Gasteiger partial charge in [-0.15, -0.1) is 0 Å². The number of aromatic nitrogens is 4. The lowest BCUT2D eigenvalue weighted by Crippen LogP contribution is -2.41. The molecule has 204 valence electrons. The number of benzene rings is 1. The molecule has 38 heavy (non-hydrogen) atoms. The SMILES string of the molecule is CN(C[C@H]1O[C@@H](n2cnc3c(N)ncnc32)[C@H](O)[C@H]1O)C(=O)CCNC(=O)Nc1ccc(C(C)(C)C)cc1. The molecule has 4 rings (SSSR count). The van der Waals surface area contributed by atoms with Crippen LogP contribution in [0.25, 0.3) is 11.2 Å². The molecule has 3 amide bonds. The number of ether oxygens (including phenoxy) is 1. The zero-order valence-electron chi connectivity index (χ0n) is 21.8. The van der Waals surface area contributed by atoms with Gasteiger partial charge in [0.2, 0.25) is 5.91 Å². The van der Waals surface area contributed by atoms with E-state index in [1.165, 1.54) is 22.1 Å².